The van der Waals surface area contributed by atoms with E-state index in [0.717, 1.165) is 12.8 Å². The molecule has 0 atom stereocenters. The summed E-state index contributed by atoms with van der Waals surface area (Å²) in [6, 6.07) is 0. The van der Waals surface area contributed by atoms with E-state index in [9.17, 15) is 0 Å². The number of unbranched alkanes of at least 4 members (excludes halogenated alkanes) is 11. The summed E-state index contributed by atoms with van der Waals surface area (Å²) in [5.41, 5.74) is 0. The van der Waals surface area contributed by atoms with Crippen LogP contribution in [-0.2, 0) is 0 Å². The summed E-state index contributed by atoms with van der Waals surface area (Å²) in [5.74, 6) is 6.48. The molecule has 0 heteroatoms. The fourth-order valence-corrected chi connectivity index (χ4v) is 2.00. The average molecular weight is 236 g/mol. The highest BCUT2D eigenvalue weighted by atomic mass is 14.0. The van der Waals surface area contributed by atoms with Gasteiger partial charge in [-0.05, 0) is 12.8 Å². The highest BCUT2D eigenvalue weighted by Gasteiger charge is 1.91. The second-order valence-corrected chi connectivity index (χ2v) is 5.04. The molecule has 0 rings (SSSR count). The van der Waals surface area contributed by atoms with Gasteiger partial charge in [0, 0.05) is 12.8 Å². The van der Waals surface area contributed by atoms with Crippen LogP contribution in [-0.4, -0.2) is 0 Å². The minimum Gasteiger partial charge on any atom is -0.103 e. The monoisotopic (exact) mass is 236 g/mol. The van der Waals surface area contributed by atoms with Crippen molar-refractivity contribution in [2.24, 2.45) is 0 Å². The standard InChI is InChI=1S/C17H32/c1-3-5-7-9-11-13-15-17-16-14-12-10-8-6-4-2/h3-7,9,11-17H2,1-2H3. The Morgan fingerprint density at radius 3 is 1.47 bits per heavy atom. The minimum absolute atomic E-state index is 1.08. The van der Waals surface area contributed by atoms with E-state index in [1.54, 1.807) is 0 Å². The largest absolute Gasteiger partial charge is 0.103 e. The molecule has 0 aromatic rings. The summed E-state index contributed by atoms with van der Waals surface area (Å²) in [6.45, 7) is 4.47. The van der Waals surface area contributed by atoms with E-state index in [-0.39, 0.29) is 0 Å². The van der Waals surface area contributed by atoms with Gasteiger partial charge in [-0.2, -0.15) is 0 Å². The van der Waals surface area contributed by atoms with E-state index in [1.165, 1.54) is 70.6 Å². The third-order valence-electron chi connectivity index (χ3n) is 3.16. The number of hydrogen-bond acceptors (Lipinski definition) is 0. The van der Waals surface area contributed by atoms with Crippen LogP contribution in [0.15, 0.2) is 0 Å². The Kier molecular flexibility index (Phi) is 15.2. The van der Waals surface area contributed by atoms with Gasteiger partial charge >= 0.3 is 0 Å². The smallest absolute Gasteiger partial charge is 0.00886 e. The molecular formula is C17H32. The van der Waals surface area contributed by atoms with Crippen LogP contribution in [0, 0.1) is 11.8 Å². The van der Waals surface area contributed by atoms with Crippen LogP contribution >= 0.6 is 0 Å². The van der Waals surface area contributed by atoms with Crippen molar-refractivity contribution in [3.63, 3.8) is 0 Å². The molecule has 0 aliphatic heterocycles. The molecule has 0 spiro atoms. The van der Waals surface area contributed by atoms with Crippen molar-refractivity contribution in [3.05, 3.63) is 0 Å². The van der Waals surface area contributed by atoms with Gasteiger partial charge in [0.05, 0.1) is 0 Å². The van der Waals surface area contributed by atoms with Crippen LogP contribution in [0.3, 0.4) is 0 Å². The van der Waals surface area contributed by atoms with Gasteiger partial charge in [0.1, 0.15) is 0 Å². The maximum absolute atomic E-state index is 3.26. The third kappa shape index (κ3) is 15.6. The lowest BCUT2D eigenvalue weighted by atomic mass is 10.1. The van der Waals surface area contributed by atoms with Crippen LogP contribution in [0.1, 0.15) is 97.3 Å². The first-order valence-electron chi connectivity index (χ1n) is 7.87. The fraction of sp³-hybridized carbons (Fsp3) is 0.882. The lowest BCUT2D eigenvalue weighted by Crippen LogP contribution is -1.81. The molecule has 0 unspecified atom stereocenters. The van der Waals surface area contributed by atoms with Crippen molar-refractivity contribution in [2.45, 2.75) is 97.3 Å². The van der Waals surface area contributed by atoms with Gasteiger partial charge in [-0.1, -0.05) is 71.6 Å². The number of hydrogen-bond donors (Lipinski definition) is 0. The van der Waals surface area contributed by atoms with Gasteiger partial charge in [-0.15, -0.1) is 11.8 Å². The highest BCUT2D eigenvalue weighted by molar-refractivity contribution is 4.98. The van der Waals surface area contributed by atoms with E-state index >= 15 is 0 Å². The summed E-state index contributed by atoms with van der Waals surface area (Å²) >= 11 is 0. The zero-order chi connectivity index (χ0) is 12.6. The Bertz CT molecular complexity index is 182. The molecule has 0 N–H and O–H groups in total. The summed E-state index contributed by atoms with van der Waals surface area (Å²) in [5, 5.41) is 0. The van der Waals surface area contributed by atoms with E-state index in [2.05, 4.69) is 25.7 Å². The quantitative estimate of drug-likeness (QED) is 0.300. The highest BCUT2D eigenvalue weighted by Crippen LogP contribution is 2.10. The van der Waals surface area contributed by atoms with Crippen LogP contribution < -0.4 is 0 Å². The molecule has 0 radical (unpaired) electrons. The Morgan fingerprint density at radius 1 is 0.471 bits per heavy atom. The van der Waals surface area contributed by atoms with Gasteiger partial charge in [0.25, 0.3) is 0 Å². The molecule has 0 aromatic heterocycles. The molecular weight excluding hydrogens is 204 g/mol. The van der Waals surface area contributed by atoms with Crippen molar-refractivity contribution in [2.75, 3.05) is 0 Å². The maximum Gasteiger partial charge on any atom is 0.00886 e. The SMILES string of the molecule is CCCC#CCCCCCCCCCCCC. The average Bonchev–Trinajstić information content (AvgIpc) is 2.35. The second-order valence-electron chi connectivity index (χ2n) is 5.04. The Hall–Kier alpha value is -0.440. The molecule has 0 saturated heterocycles. The van der Waals surface area contributed by atoms with Gasteiger partial charge in [-0.3, -0.25) is 0 Å². The second kappa shape index (κ2) is 15.6. The van der Waals surface area contributed by atoms with Gasteiger partial charge in [0.2, 0.25) is 0 Å². The van der Waals surface area contributed by atoms with Crippen LogP contribution in [0.2, 0.25) is 0 Å². The molecule has 0 bridgehead atoms. The first-order chi connectivity index (χ1) is 8.41. The number of rotatable bonds is 11. The van der Waals surface area contributed by atoms with Gasteiger partial charge in [-0.25, -0.2) is 0 Å². The van der Waals surface area contributed by atoms with E-state index in [1.807, 2.05) is 0 Å². The topological polar surface area (TPSA) is 0 Å². The van der Waals surface area contributed by atoms with Gasteiger partial charge < -0.3 is 0 Å². The summed E-state index contributed by atoms with van der Waals surface area (Å²) in [4.78, 5) is 0. The molecule has 0 saturated carbocycles. The Balaban J connectivity index is 2.97. The summed E-state index contributed by atoms with van der Waals surface area (Å²) in [7, 11) is 0. The molecule has 100 valence electrons. The van der Waals surface area contributed by atoms with E-state index in [0.29, 0.717) is 0 Å². The molecule has 0 heterocycles. The van der Waals surface area contributed by atoms with E-state index in [4.69, 9.17) is 0 Å². The molecule has 0 nitrogen and oxygen atoms in total. The molecule has 0 aromatic carbocycles. The minimum atomic E-state index is 1.08. The summed E-state index contributed by atoms with van der Waals surface area (Å²) < 4.78 is 0. The van der Waals surface area contributed by atoms with Crippen molar-refractivity contribution >= 4 is 0 Å². The molecule has 0 aliphatic rings. The maximum atomic E-state index is 3.26. The zero-order valence-corrected chi connectivity index (χ0v) is 12.2. The normalized spacial score (nSPS) is 10.0. The Morgan fingerprint density at radius 2 is 0.941 bits per heavy atom. The van der Waals surface area contributed by atoms with Gasteiger partial charge in [0.15, 0.2) is 0 Å². The Labute approximate surface area is 110 Å². The molecule has 0 aliphatic carbocycles. The molecule has 17 heavy (non-hydrogen) atoms. The third-order valence-corrected chi connectivity index (χ3v) is 3.16. The lowest BCUT2D eigenvalue weighted by Gasteiger charge is -2.00. The van der Waals surface area contributed by atoms with E-state index < -0.39 is 0 Å². The van der Waals surface area contributed by atoms with Crippen LogP contribution in [0.5, 0.6) is 0 Å². The van der Waals surface area contributed by atoms with Crippen LogP contribution in [0.4, 0.5) is 0 Å². The predicted octanol–water partition coefficient (Wildman–Crippen LogP) is 6.10. The first kappa shape index (κ1) is 16.6. The fourth-order valence-electron chi connectivity index (χ4n) is 2.00. The van der Waals surface area contributed by atoms with Crippen molar-refractivity contribution in [1.29, 1.82) is 0 Å². The van der Waals surface area contributed by atoms with Crippen LogP contribution in [0.25, 0.3) is 0 Å². The van der Waals surface area contributed by atoms with Crippen molar-refractivity contribution in [3.8, 4) is 11.8 Å². The molecule has 0 fully saturated rings. The first-order valence-corrected chi connectivity index (χ1v) is 7.87. The lowest BCUT2D eigenvalue weighted by molar-refractivity contribution is 0.558. The molecule has 0 amide bonds. The zero-order valence-electron chi connectivity index (χ0n) is 12.2. The van der Waals surface area contributed by atoms with Crippen molar-refractivity contribution in [1.82, 2.24) is 0 Å². The predicted molar refractivity (Wildman–Crippen MR) is 79.1 cm³/mol. The van der Waals surface area contributed by atoms with Crippen molar-refractivity contribution < 1.29 is 0 Å². The summed E-state index contributed by atoms with van der Waals surface area (Å²) in [6.07, 6.45) is 17.6.